The Balaban J connectivity index is 1.54. The molecule has 0 radical (unpaired) electrons. The first-order valence-electron chi connectivity index (χ1n) is 8.90. The van der Waals surface area contributed by atoms with Crippen molar-refractivity contribution in [3.05, 3.63) is 65.9 Å². The summed E-state index contributed by atoms with van der Waals surface area (Å²) >= 11 is 0. The minimum atomic E-state index is -0.357. The molecule has 0 saturated heterocycles. The van der Waals surface area contributed by atoms with E-state index in [2.05, 4.69) is 30.6 Å². The maximum Gasteiger partial charge on any atom is 0.274 e. The van der Waals surface area contributed by atoms with Crippen LogP contribution in [0.25, 0.3) is 17.1 Å². The van der Waals surface area contributed by atoms with Gasteiger partial charge in [0.2, 0.25) is 0 Å². The van der Waals surface area contributed by atoms with Crippen LogP contribution < -0.4 is 10.1 Å². The standard InChI is InChI=1S/C20H19N7O2/c1-12-7-13(2)27(26-12)19-10-18(21-11-22-19)23-20(28)17-9-16(24-25-17)14-5-4-6-15(8-14)29-3/h4-11H,1-3H3,(H,24,25)(H,21,22,23,28). The van der Waals surface area contributed by atoms with Crippen LogP contribution in [0.4, 0.5) is 5.82 Å². The Morgan fingerprint density at radius 3 is 2.76 bits per heavy atom. The second kappa shape index (κ2) is 7.55. The average Bonchev–Trinajstić information content (AvgIpc) is 3.35. The highest BCUT2D eigenvalue weighted by atomic mass is 16.5. The van der Waals surface area contributed by atoms with Gasteiger partial charge in [0.25, 0.3) is 5.91 Å². The molecule has 0 fully saturated rings. The molecular formula is C20H19N7O2. The molecule has 0 bridgehead atoms. The lowest BCUT2D eigenvalue weighted by Crippen LogP contribution is -2.14. The van der Waals surface area contributed by atoms with Gasteiger partial charge in [-0.2, -0.15) is 10.2 Å². The molecule has 3 aromatic heterocycles. The number of amides is 1. The Morgan fingerprint density at radius 1 is 1.14 bits per heavy atom. The molecule has 0 aliphatic heterocycles. The summed E-state index contributed by atoms with van der Waals surface area (Å²) in [6, 6.07) is 12.7. The number of hydrogen-bond acceptors (Lipinski definition) is 6. The molecule has 146 valence electrons. The number of carbonyl (C=O) groups excluding carboxylic acids is 1. The second-order valence-electron chi connectivity index (χ2n) is 6.45. The fraction of sp³-hybridized carbons (Fsp3) is 0.150. The van der Waals surface area contributed by atoms with Crippen LogP contribution in [0.15, 0.2) is 48.8 Å². The van der Waals surface area contributed by atoms with Crippen LogP contribution in [-0.2, 0) is 0 Å². The number of nitrogens with zero attached hydrogens (tertiary/aromatic N) is 5. The van der Waals surface area contributed by atoms with Crippen molar-refractivity contribution in [2.45, 2.75) is 13.8 Å². The van der Waals surface area contributed by atoms with E-state index in [1.54, 1.807) is 23.9 Å². The van der Waals surface area contributed by atoms with Crippen LogP contribution in [0.5, 0.6) is 5.75 Å². The molecule has 9 nitrogen and oxygen atoms in total. The van der Waals surface area contributed by atoms with E-state index in [1.165, 1.54) is 6.33 Å². The fourth-order valence-corrected chi connectivity index (χ4v) is 2.94. The molecule has 0 saturated carbocycles. The number of carbonyl (C=O) groups is 1. The number of anilines is 1. The molecule has 4 aromatic rings. The van der Waals surface area contributed by atoms with Crippen LogP contribution in [0.3, 0.4) is 0 Å². The third kappa shape index (κ3) is 3.84. The van der Waals surface area contributed by atoms with Gasteiger partial charge in [0.05, 0.1) is 18.5 Å². The highest BCUT2D eigenvalue weighted by Crippen LogP contribution is 2.23. The Labute approximate surface area is 166 Å². The third-order valence-electron chi connectivity index (χ3n) is 4.31. The number of rotatable bonds is 5. The van der Waals surface area contributed by atoms with E-state index in [9.17, 15) is 4.79 Å². The smallest absolute Gasteiger partial charge is 0.274 e. The van der Waals surface area contributed by atoms with Crippen molar-refractivity contribution in [3.8, 4) is 22.8 Å². The number of benzene rings is 1. The molecule has 0 aliphatic carbocycles. The summed E-state index contributed by atoms with van der Waals surface area (Å²) in [6.45, 7) is 3.84. The highest BCUT2D eigenvalue weighted by Gasteiger charge is 2.14. The second-order valence-corrected chi connectivity index (χ2v) is 6.45. The van der Waals surface area contributed by atoms with Crippen LogP contribution >= 0.6 is 0 Å². The molecule has 2 N–H and O–H groups in total. The highest BCUT2D eigenvalue weighted by molar-refractivity contribution is 6.03. The molecule has 1 amide bonds. The first-order chi connectivity index (χ1) is 14.0. The molecular weight excluding hydrogens is 370 g/mol. The van der Waals surface area contributed by atoms with Crippen molar-refractivity contribution in [2.75, 3.05) is 12.4 Å². The minimum Gasteiger partial charge on any atom is -0.497 e. The molecule has 9 heteroatoms. The van der Waals surface area contributed by atoms with Gasteiger partial charge in [0.1, 0.15) is 23.6 Å². The largest absolute Gasteiger partial charge is 0.497 e. The van der Waals surface area contributed by atoms with E-state index < -0.39 is 0 Å². The summed E-state index contributed by atoms with van der Waals surface area (Å²) < 4.78 is 6.93. The van der Waals surface area contributed by atoms with E-state index in [-0.39, 0.29) is 5.91 Å². The van der Waals surface area contributed by atoms with Gasteiger partial charge in [-0.1, -0.05) is 12.1 Å². The van der Waals surface area contributed by atoms with Gasteiger partial charge in [-0.15, -0.1) is 0 Å². The molecule has 29 heavy (non-hydrogen) atoms. The molecule has 1 aromatic carbocycles. The minimum absolute atomic E-state index is 0.314. The van der Waals surface area contributed by atoms with E-state index in [0.29, 0.717) is 28.8 Å². The van der Waals surface area contributed by atoms with Crippen LogP contribution in [0.1, 0.15) is 21.9 Å². The van der Waals surface area contributed by atoms with Crippen molar-refractivity contribution in [1.29, 1.82) is 0 Å². The van der Waals surface area contributed by atoms with Crippen molar-refractivity contribution in [1.82, 2.24) is 29.9 Å². The van der Waals surface area contributed by atoms with Gasteiger partial charge in [-0.3, -0.25) is 9.89 Å². The number of nitrogens with one attached hydrogen (secondary N) is 2. The number of methoxy groups -OCH3 is 1. The normalized spacial score (nSPS) is 10.7. The van der Waals surface area contributed by atoms with Gasteiger partial charge in [-0.05, 0) is 38.1 Å². The van der Waals surface area contributed by atoms with Gasteiger partial charge >= 0.3 is 0 Å². The number of H-pyrrole nitrogens is 1. The SMILES string of the molecule is COc1cccc(-c2cc(C(=O)Nc3cc(-n4nc(C)cc4C)ncn3)[nH]n2)c1. The zero-order chi connectivity index (χ0) is 20.4. The topological polar surface area (TPSA) is 111 Å². The summed E-state index contributed by atoms with van der Waals surface area (Å²) in [5.41, 5.74) is 3.62. The Hall–Kier alpha value is -4.01. The number of aromatic nitrogens is 6. The molecule has 0 spiro atoms. The maximum atomic E-state index is 12.6. The molecule has 0 atom stereocenters. The first-order valence-corrected chi connectivity index (χ1v) is 8.90. The first kappa shape index (κ1) is 18.4. The van der Waals surface area contributed by atoms with Crippen LogP contribution in [-0.4, -0.2) is 43.0 Å². The third-order valence-corrected chi connectivity index (χ3v) is 4.31. The number of aryl methyl sites for hydroxylation is 2. The Bertz CT molecular complexity index is 1180. The van der Waals surface area contributed by atoms with Crippen molar-refractivity contribution in [2.24, 2.45) is 0 Å². The quantitative estimate of drug-likeness (QED) is 0.543. The molecule has 0 aliphatic rings. The van der Waals surface area contributed by atoms with Gasteiger partial charge < -0.3 is 10.1 Å². The fourth-order valence-electron chi connectivity index (χ4n) is 2.94. The van der Waals surface area contributed by atoms with E-state index in [0.717, 1.165) is 17.0 Å². The van der Waals surface area contributed by atoms with Crippen molar-refractivity contribution >= 4 is 11.7 Å². The predicted octanol–water partition coefficient (Wildman–Crippen LogP) is 2.93. The van der Waals surface area contributed by atoms with Crippen molar-refractivity contribution < 1.29 is 9.53 Å². The zero-order valence-electron chi connectivity index (χ0n) is 16.2. The Kier molecular flexibility index (Phi) is 4.78. The van der Waals surface area contributed by atoms with Crippen molar-refractivity contribution in [3.63, 3.8) is 0 Å². The van der Waals surface area contributed by atoms with Gasteiger partial charge in [0, 0.05) is 17.3 Å². The molecule has 4 rings (SSSR count). The monoisotopic (exact) mass is 389 g/mol. The summed E-state index contributed by atoms with van der Waals surface area (Å²) in [5, 5.41) is 14.1. The van der Waals surface area contributed by atoms with Crippen LogP contribution in [0.2, 0.25) is 0 Å². The van der Waals surface area contributed by atoms with E-state index >= 15 is 0 Å². The molecule has 3 heterocycles. The average molecular weight is 389 g/mol. The van der Waals surface area contributed by atoms with Crippen LogP contribution in [0, 0.1) is 13.8 Å². The summed E-state index contributed by atoms with van der Waals surface area (Å²) in [5.74, 6) is 1.30. The summed E-state index contributed by atoms with van der Waals surface area (Å²) in [7, 11) is 1.60. The van der Waals surface area contributed by atoms with Gasteiger partial charge in [0.15, 0.2) is 5.82 Å². The maximum absolute atomic E-state index is 12.6. The lowest BCUT2D eigenvalue weighted by molar-refractivity contribution is 0.102. The van der Waals surface area contributed by atoms with E-state index in [1.807, 2.05) is 44.2 Å². The van der Waals surface area contributed by atoms with E-state index in [4.69, 9.17) is 4.74 Å². The zero-order valence-corrected chi connectivity index (χ0v) is 16.2. The molecule has 0 unspecified atom stereocenters. The number of hydrogen-bond donors (Lipinski definition) is 2. The predicted molar refractivity (Wildman–Crippen MR) is 107 cm³/mol. The summed E-state index contributed by atoms with van der Waals surface area (Å²) in [4.78, 5) is 21.0. The number of aromatic amines is 1. The lowest BCUT2D eigenvalue weighted by atomic mass is 10.1. The summed E-state index contributed by atoms with van der Waals surface area (Å²) in [6.07, 6.45) is 1.38. The Morgan fingerprint density at radius 2 is 2.00 bits per heavy atom. The lowest BCUT2D eigenvalue weighted by Gasteiger charge is -2.06. The van der Waals surface area contributed by atoms with Gasteiger partial charge in [-0.25, -0.2) is 14.6 Å². The number of ether oxygens (including phenoxy) is 1.